The molecule has 1 aliphatic heterocycles. The highest BCUT2D eigenvalue weighted by molar-refractivity contribution is 5.73. The number of nitrogens with two attached hydrogens (primary N) is 1. The van der Waals surface area contributed by atoms with Gasteiger partial charge in [0.25, 0.3) is 0 Å². The molecule has 0 radical (unpaired) electrons. The van der Waals surface area contributed by atoms with Gasteiger partial charge < -0.3 is 20.7 Å². The van der Waals surface area contributed by atoms with Gasteiger partial charge in [-0.2, -0.15) is 0 Å². The third kappa shape index (κ3) is 3.79. The molecule has 110 valence electrons. The Morgan fingerprint density at radius 1 is 1.40 bits per heavy atom. The molecule has 1 aromatic rings. The second kappa shape index (κ2) is 6.50. The Balaban J connectivity index is 2.01. The number of amides is 1. The molecule has 2 rings (SSSR count). The van der Waals surface area contributed by atoms with Gasteiger partial charge in [-0.05, 0) is 25.8 Å². The van der Waals surface area contributed by atoms with Crippen LogP contribution in [0, 0.1) is 0 Å². The minimum Gasteiger partial charge on any atom is -0.494 e. The summed E-state index contributed by atoms with van der Waals surface area (Å²) < 4.78 is 5.53. The third-order valence-corrected chi connectivity index (χ3v) is 3.49. The highest BCUT2D eigenvalue weighted by Crippen LogP contribution is 2.27. The molecule has 0 aromatic heterocycles. The number of rotatable bonds is 4. The number of anilines is 2. The molecule has 1 aromatic carbocycles. The van der Waals surface area contributed by atoms with E-state index >= 15 is 0 Å². The van der Waals surface area contributed by atoms with Crippen molar-refractivity contribution < 1.29 is 9.53 Å². The van der Waals surface area contributed by atoms with Crippen LogP contribution in [-0.4, -0.2) is 31.6 Å². The maximum atomic E-state index is 11.1. The molecular weight excluding hydrogens is 254 g/mol. The fraction of sp³-hybridized carbons (Fsp3) is 0.533. The number of nitrogen functional groups attached to an aromatic ring is 1. The Labute approximate surface area is 120 Å². The molecule has 5 heteroatoms. The lowest BCUT2D eigenvalue weighted by Gasteiger charge is -2.34. The molecule has 0 aliphatic carbocycles. The number of benzene rings is 1. The van der Waals surface area contributed by atoms with Crippen molar-refractivity contribution in [2.75, 3.05) is 30.3 Å². The molecule has 0 atom stereocenters. The van der Waals surface area contributed by atoms with Crippen LogP contribution < -0.4 is 20.7 Å². The number of hydrogen-bond donors (Lipinski definition) is 2. The van der Waals surface area contributed by atoms with Crippen molar-refractivity contribution in [3.05, 3.63) is 18.2 Å². The number of ether oxygens (including phenoxy) is 1. The number of piperidine rings is 1. The van der Waals surface area contributed by atoms with E-state index in [0.717, 1.165) is 43.1 Å². The third-order valence-electron chi connectivity index (χ3n) is 3.49. The summed E-state index contributed by atoms with van der Waals surface area (Å²) in [5, 5.41) is 2.98. The normalized spacial score (nSPS) is 16.0. The maximum absolute atomic E-state index is 11.1. The number of nitrogens with zero attached hydrogens (tertiary/aromatic N) is 1. The molecule has 0 bridgehead atoms. The lowest BCUT2D eigenvalue weighted by molar-refractivity contribution is -0.119. The van der Waals surface area contributed by atoms with Crippen molar-refractivity contribution in [1.29, 1.82) is 0 Å². The molecule has 0 spiro atoms. The van der Waals surface area contributed by atoms with Crippen LogP contribution >= 0.6 is 0 Å². The van der Waals surface area contributed by atoms with Crippen molar-refractivity contribution in [3.8, 4) is 5.75 Å². The number of hydrogen-bond acceptors (Lipinski definition) is 4. The molecule has 0 unspecified atom stereocenters. The Morgan fingerprint density at radius 2 is 2.10 bits per heavy atom. The molecular formula is C15H23N3O2. The predicted molar refractivity (Wildman–Crippen MR) is 81.1 cm³/mol. The predicted octanol–water partition coefficient (Wildman–Crippen LogP) is 1.77. The first-order valence-corrected chi connectivity index (χ1v) is 7.14. The Morgan fingerprint density at radius 3 is 2.70 bits per heavy atom. The molecule has 20 heavy (non-hydrogen) atoms. The van der Waals surface area contributed by atoms with Crippen molar-refractivity contribution in [3.63, 3.8) is 0 Å². The van der Waals surface area contributed by atoms with Crippen LogP contribution in [0.25, 0.3) is 0 Å². The van der Waals surface area contributed by atoms with Gasteiger partial charge in [0, 0.05) is 49.6 Å². The van der Waals surface area contributed by atoms with E-state index in [1.165, 1.54) is 0 Å². The molecule has 1 aliphatic rings. The van der Waals surface area contributed by atoms with Gasteiger partial charge in [0.15, 0.2) is 0 Å². The van der Waals surface area contributed by atoms with Crippen LogP contribution in [0.4, 0.5) is 11.4 Å². The minimum atomic E-state index is 0.0473. The molecule has 0 saturated carbocycles. The summed E-state index contributed by atoms with van der Waals surface area (Å²) in [6, 6.07) is 6.13. The first kappa shape index (κ1) is 14.5. The lowest BCUT2D eigenvalue weighted by atomic mass is 10.0. The van der Waals surface area contributed by atoms with Crippen molar-refractivity contribution in [1.82, 2.24) is 5.32 Å². The van der Waals surface area contributed by atoms with Gasteiger partial charge in [-0.25, -0.2) is 0 Å². The van der Waals surface area contributed by atoms with Crippen LogP contribution in [0.15, 0.2) is 18.2 Å². The zero-order valence-electron chi connectivity index (χ0n) is 12.2. The Bertz CT molecular complexity index is 468. The van der Waals surface area contributed by atoms with E-state index in [4.69, 9.17) is 10.5 Å². The number of carbonyl (C=O) groups is 1. The van der Waals surface area contributed by atoms with Gasteiger partial charge in [-0.3, -0.25) is 4.79 Å². The van der Waals surface area contributed by atoms with E-state index in [9.17, 15) is 4.79 Å². The second-order valence-corrected chi connectivity index (χ2v) is 5.16. The molecule has 1 saturated heterocycles. The van der Waals surface area contributed by atoms with Crippen LogP contribution in [-0.2, 0) is 4.79 Å². The fourth-order valence-electron chi connectivity index (χ4n) is 2.61. The average molecular weight is 277 g/mol. The van der Waals surface area contributed by atoms with Crippen LogP contribution in [0.2, 0.25) is 0 Å². The highest BCUT2D eigenvalue weighted by Gasteiger charge is 2.20. The molecule has 5 nitrogen and oxygen atoms in total. The lowest BCUT2D eigenvalue weighted by Crippen LogP contribution is -2.44. The second-order valence-electron chi connectivity index (χ2n) is 5.16. The SMILES string of the molecule is CCOc1cc(N)cc(N2CCC(NC(C)=O)CC2)c1. The van der Waals surface area contributed by atoms with E-state index < -0.39 is 0 Å². The minimum absolute atomic E-state index is 0.0473. The van der Waals surface area contributed by atoms with E-state index in [-0.39, 0.29) is 11.9 Å². The average Bonchev–Trinajstić information content (AvgIpc) is 2.38. The summed E-state index contributed by atoms with van der Waals surface area (Å²) in [5.74, 6) is 0.859. The fourth-order valence-corrected chi connectivity index (χ4v) is 2.61. The summed E-state index contributed by atoms with van der Waals surface area (Å²) in [5.41, 5.74) is 7.74. The monoisotopic (exact) mass is 277 g/mol. The van der Waals surface area contributed by atoms with E-state index in [2.05, 4.69) is 10.2 Å². The summed E-state index contributed by atoms with van der Waals surface area (Å²) >= 11 is 0. The Kier molecular flexibility index (Phi) is 4.71. The topological polar surface area (TPSA) is 67.6 Å². The van der Waals surface area contributed by atoms with Gasteiger partial charge in [-0.15, -0.1) is 0 Å². The van der Waals surface area contributed by atoms with Gasteiger partial charge in [-0.1, -0.05) is 0 Å². The molecule has 1 fully saturated rings. The quantitative estimate of drug-likeness (QED) is 0.823. The largest absolute Gasteiger partial charge is 0.494 e. The Hall–Kier alpha value is -1.91. The first-order chi connectivity index (χ1) is 9.58. The van der Waals surface area contributed by atoms with Crippen molar-refractivity contribution >= 4 is 17.3 Å². The number of carbonyl (C=O) groups excluding carboxylic acids is 1. The summed E-state index contributed by atoms with van der Waals surface area (Å²) in [7, 11) is 0. The van der Waals surface area contributed by atoms with E-state index in [1.54, 1.807) is 6.92 Å². The van der Waals surface area contributed by atoms with Gasteiger partial charge in [0.1, 0.15) is 5.75 Å². The summed E-state index contributed by atoms with van der Waals surface area (Å²) in [6.07, 6.45) is 1.91. The van der Waals surface area contributed by atoms with Crippen molar-refractivity contribution in [2.45, 2.75) is 32.7 Å². The van der Waals surface area contributed by atoms with Crippen LogP contribution in [0.1, 0.15) is 26.7 Å². The molecule has 1 amide bonds. The number of nitrogens with one attached hydrogen (secondary N) is 1. The zero-order chi connectivity index (χ0) is 14.5. The van der Waals surface area contributed by atoms with Gasteiger partial charge in [0.05, 0.1) is 6.61 Å². The van der Waals surface area contributed by atoms with Gasteiger partial charge in [0.2, 0.25) is 5.91 Å². The first-order valence-electron chi connectivity index (χ1n) is 7.14. The van der Waals surface area contributed by atoms with Crippen LogP contribution in [0.3, 0.4) is 0 Å². The zero-order valence-corrected chi connectivity index (χ0v) is 12.2. The summed E-state index contributed by atoms with van der Waals surface area (Å²) in [6.45, 7) is 5.99. The van der Waals surface area contributed by atoms with Crippen LogP contribution in [0.5, 0.6) is 5.75 Å². The smallest absolute Gasteiger partial charge is 0.217 e. The highest BCUT2D eigenvalue weighted by atomic mass is 16.5. The summed E-state index contributed by atoms with van der Waals surface area (Å²) in [4.78, 5) is 13.4. The molecule has 1 heterocycles. The van der Waals surface area contributed by atoms with E-state index in [1.807, 2.05) is 25.1 Å². The maximum Gasteiger partial charge on any atom is 0.217 e. The van der Waals surface area contributed by atoms with Gasteiger partial charge >= 0.3 is 0 Å². The van der Waals surface area contributed by atoms with Crippen molar-refractivity contribution in [2.24, 2.45) is 0 Å². The molecule has 3 N–H and O–H groups in total. The standard InChI is InChI=1S/C15H23N3O2/c1-3-20-15-9-12(16)8-14(10-15)18-6-4-13(5-7-18)17-11(2)19/h8-10,13H,3-7,16H2,1-2H3,(H,17,19). The van der Waals surface area contributed by atoms with E-state index in [0.29, 0.717) is 6.61 Å².